The average molecular weight is 359 g/mol. The molecule has 2 rings (SSSR count). The van der Waals surface area contributed by atoms with Gasteiger partial charge < -0.3 is 9.47 Å². The van der Waals surface area contributed by atoms with E-state index >= 15 is 0 Å². The molecule has 2 aromatic rings. The Hall–Kier alpha value is -2.79. The molecule has 0 saturated carbocycles. The maximum atomic E-state index is 12.0. The second-order valence-electron chi connectivity index (χ2n) is 5.12. The molecule has 0 heterocycles. The molecule has 1 N–H and O–H groups in total. The van der Waals surface area contributed by atoms with Crippen molar-refractivity contribution in [2.75, 3.05) is 6.61 Å². The van der Waals surface area contributed by atoms with Crippen molar-refractivity contribution in [3.05, 3.63) is 71.8 Å². The number of carbonyl (C=O) groups is 1. The summed E-state index contributed by atoms with van der Waals surface area (Å²) in [4.78, 5) is 12.0. The third-order valence-corrected chi connectivity index (χ3v) is 3.38. The first kappa shape index (κ1) is 18.5. The molecule has 0 aliphatic carbocycles. The molecule has 1 amide bonds. The second-order valence-corrected chi connectivity index (χ2v) is 5.55. The predicted molar refractivity (Wildman–Crippen MR) is 99.4 cm³/mol. The van der Waals surface area contributed by atoms with Gasteiger partial charge in [-0.05, 0) is 61.0 Å². The van der Waals surface area contributed by atoms with Crippen LogP contribution in [0.1, 0.15) is 12.5 Å². The van der Waals surface area contributed by atoms with Crippen molar-refractivity contribution in [3.63, 3.8) is 0 Å². The van der Waals surface area contributed by atoms with Gasteiger partial charge >= 0.3 is 0 Å². The Labute approximate surface area is 151 Å². The smallest absolute Gasteiger partial charge is 0.280 e. The summed E-state index contributed by atoms with van der Waals surface area (Å²) in [7, 11) is 0. The summed E-state index contributed by atoms with van der Waals surface area (Å²) >= 11 is 5.81. The molecular formula is C19H19ClN2O3. The van der Waals surface area contributed by atoms with Crippen LogP contribution in [0.25, 0.3) is 0 Å². The van der Waals surface area contributed by atoms with E-state index in [9.17, 15) is 4.79 Å². The van der Waals surface area contributed by atoms with E-state index in [1.165, 1.54) is 0 Å². The third kappa shape index (κ3) is 6.31. The van der Waals surface area contributed by atoms with Crippen molar-refractivity contribution in [3.8, 4) is 11.5 Å². The molecular weight excluding hydrogens is 340 g/mol. The number of rotatable bonds is 8. The monoisotopic (exact) mass is 358 g/mol. The van der Waals surface area contributed by atoms with Gasteiger partial charge in [-0.15, -0.1) is 0 Å². The third-order valence-electron chi connectivity index (χ3n) is 3.13. The predicted octanol–water partition coefficient (Wildman–Crippen LogP) is 3.82. The molecule has 5 nitrogen and oxygen atoms in total. The zero-order chi connectivity index (χ0) is 18.1. The van der Waals surface area contributed by atoms with E-state index in [4.69, 9.17) is 21.1 Å². The van der Waals surface area contributed by atoms with Crippen LogP contribution in [0.15, 0.2) is 66.3 Å². The Bertz CT molecular complexity index is 727. The van der Waals surface area contributed by atoms with Crippen LogP contribution < -0.4 is 14.9 Å². The van der Waals surface area contributed by atoms with E-state index < -0.39 is 6.10 Å². The molecule has 1 atom stereocenters. The zero-order valence-corrected chi connectivity index (χ0v) is 14.6. The van der Waals surface area contributed by atoms with Crippen molar-refractivity contribution in [1.82, 2.24) is 5.43 Å². The lowest BCUT2D eigenvalue weighted by Crippen LogP contribution is -2.33. The van der Waals surface area contributed by atoms with Crippen LogP contribution in [0, 0.1) is 0 Å². The lowest BCUT2D eigenvalue weighted by atomic mass is 10.2. The zero-order valence-electron chi connectivity index (χ0n) is 13.8. The molecule has 0 aromatic heterocycles. The number of halogens is 1. The normalized spacial score (nSPS) is 11.8. The first-order chi connectivity index (χ1) is 12.1. The molecule has 130 valence electrons. The highest BCUT2D eigenvalue weighted by molar-refractivity contribution is 6.30. The molecule has 0 unspecified atom stereocenters. The number of ether oxygens (including phenoxy) is 2. The molecule has 25 heavy (non-hydrogen) atoms. The van der Waals surface area contributed by atoms with Crippen LogP contribution in [-0.4, -0.2) is 24.8 Å². The molecule has 6 heteroatoms. The van der Waals surface area contributed by atoms with Crippen molar-refractivity contribution >= 4 is 23.7 Å². The van der Waals surface area contributed by atoms with E-state index in [0.717, 1.165) is 11.3 Å². The highest BCUT2D eigenvalue weighted by Crippen LogP contribution is 2.16. The fourth-order valence-electron chi connectivity index (χ4n) is 1.84. The Morgan fingerprint density at radius 3 is 2.48 bits per heavy atom. The number of amides is 1. The van der Waals surface area contributed by atoms with Crippen LogP contribution >= 0.6 is 11.6 Å². The largest absolute Gasteiger partial charge is 0.490 e. The number of carbonyl (C=O) groups excluding carboxylic acids is 1. The fraction of sp³-hybridized carbons (Fsp3) is 0.158. The van der Waals surface area contributed by atoms with Crippen molar-refractivity contribution in [2.24, 2.45) is 5.10 Å². The Morgan fingerprint density at radius 1 is 1.20 bits per heavy atom. The fourth-order valence-corrected chi connectivity index (χ4v) is 1.96. The second kappa shape index (κ2) is 9.49. The first-order valence-electron chi connectivity index (χ1n) is 7.67. The number of hydrazone groups is 1. The van der Waals surface area contributed by atoms with Gasteiger partial charge in [0, 0.05) is 5.02 Å². The number of nitrogens with one attached hydrogen (secondary N) is 1. The van der Waals surface area contributed by atoms with Gasteiger partial charge in [-0.25, -0.2) is 5.43 Å². The minimum atomic E-state index is -0.687. The van der Waals surface area contributed by atoms with E-state index in [-0.39, 0.29) is 5.91 Å². The highest BCUT2D eigenvalue weighted by atomic mass is 35.5. The molecule has 0 spiro atoms. The van der Waals surface area contributed by atoms with Gasteiger partial charge in [0.05, 0.1) is 6.21 Å². The molecule has 2 aromatic carbocycles. The molecule has 0 bridgehead atoms. The van der Waals surface area contributed by atoms with Crippen LogP contribution in [-0.2, 0) is 4.79 Å². The van der Waals surface area contributed by atoms with Gasteiger partial charge in [-0.2, -0.15) is 5.10 Å². The Kier molecular flexibility index (Phi) is 7.04. The van der Waals surface area contributed by atoms with Crippen molar-refractivity contribution in [2.45, 2.75) is 13.0 Å². The van der Waals surface area contributed by atoms with Gasteiger partial charge in [0.25, 0.3) is 5.91 Å². The molecule has 0 aliphatic heterocycles. The minimum absolute atomic E-state index is 0.350. The van der Waals surface area contributed by atoms with Crippen LogP contribution in [0.4, 0.5) is 0 Å². The average Bonchev–Trinajstić information content (AvgIpc) is 2.62. The van der Waals surface area contributed by atoms with Crippen LogP contribution in [0.5, 0.6) is 11.5 Å². The standard InChI is InChI=1S/C19H19ClN2O3/c1-3-12-24-17-8-4-15(5-9-17)13-21-22-19(23)14(2)25-18-10-6-16(20)7-11-18/h3-11,13-14H,1,12H2,2H3,(H,22,23)/b21-13-/t14-/m1/s1. The van der Waals surface area contributed by atoms with E-state index in [1.54, 1.807) is 43.5 Å². The summed E-state index contributed by atoms with van der Waals surface area (Å²) in [5.74, 6) is 0.953. The molecule has 0 fully saturated rings. The topological polar surface area (TPSA) is 59.9 Å². The van der Waals surface area contributed by atoms with Gasteiger partial charge in [0.1, 0.15) is 18.1 Å². The summed E-state index contributed by atoms with van der Waals surface area (Å²) < 4.78 is 10.9. The molecule has 0 aliphatic rings. The summed E-state index contributed by atoms with van der Waals surface area (Å²) in [6.45, 7) is 5.69. The number of hydrogen-bond acceptors (Lipinski definition) is 4. The van der Waals surface area contributed by atoms with Gasteiger partial charge in [-0.3, -0.25) is 4.79 Å². The van der Waals surface area contributed by atoms with Gasteiger partial charge in [0.2, 0.25) is 0 Å². The van der Waals surface area contributed by atoms with Crippen LogP contribution in [0.3, 0.4) is 0 Å². The maximum Gasteiger partial charge on any atom is 0.280 e. The SMILES string of the molecule is C=CCOc1ccc(/C=N\NC(=O)[C@@H](C)Oc2ccc(Cl)cc2)cc1. The quantitative estimate of drug-likeness (QED) is 0.443. The van der Waals surface area contributed by atoms with Crippen LogP contribution in [0.2, 0.25) is 5.02 Å². The minimum Gasteiger partial charge on any atom is -0.490 e. The molecule has 0 radical (unpaired) electrons. The number of benzene rings is 2. The molecule has 0 saturated heterocycles. The van der Waals surface area contributed by atoms with E-state index in [2.05, 4.69) is 17.1 Å². The van der Waals surface area contributed by atoms with E-state index in [1.807, 2.05) is 24.3 Å². The number of hydrogen-bond donors (Lipinski definition) is 1. The first-order valence-corrected chi connectivity index (χ1v) is 8.05. The van der Waals surface area contributed by atoms with Gasteiger partial charge in [-0.1, -0.05) is 24.3 Å². The lowest BCUT2D eigenvalue weighted by Gasteiger charge is -2.12. The maximum absolute atomic E-state index is 12.0. The van der Waals surface area contributed by atoms with Crippen molar-refractivity contribution < 1.29 is 14.3 Å². The summed E-state index contributed by atoms with van der Waals surface area (Å²) in [6.07, 6.45) is 2.54. The number of nitrogens with zero attached hydrogens (tertiary/aromatic N) is 1. The Morgan fingerprint density at radius 2 is 1.84 bits per heavy atom. The highest BCUT2D eigenvalue weighted by Gasteiger charge is 2.13. The summed E-state index contributed by atoms with van der Waals surface area (Å²) in [6, 6.07) is 14.1. The van der Waals surface area contributed by atoms with E-state index in [0.29, 0.717) is 17.4 Å². The van der Waals surface area contributed by atoms with Gasteiger partial charge in [0.15, 0.2) is 6.10 Å². The Balaban J connectivity index is 1.82. The summed E-state index contributed by atoms with van der Waals surface area (Å²) in [5.41, 5.74) is 3.28. The lowest BCUT2D eigenvalue weighted by molar-refractivity contribution is -0.127. The summed E-state index contributed by atoms with van der Waals surface area (Å²) in [5, 5.41) is 4.53. The van der Waals surface area contributed by atoms with Crippen molar-refractivity contribution in [1.29, 1.82) is 0 Å².